The van der Waals surface area contributed by atoms with Crippen LogP contribution in [0.3, 0.4) is 0 Å². The van der Waals surface area contributed by atoms with Crippen molar-refractivity contribution >= 4 is 5.91 Å². The molecule has 0 aliphatic heterocycles. The van der Waals surface area contributed by atoms with E-state index in [0.717, 1.165) is 5.82 Å². The van der Waals surface area contributed by atoms with Crippen LogP contribution in [0.15, 0.2) is 6.33 Å². The molecular weight excluding hydrogens is 230 g/mol. The lowest BCUT2D eigenvalue weighted by Crippen LogP contribution is -2.44. The molecule has 1 heterocycles. The SMILES string of the molecule is CC(C)CNC(=O)C(C)NC(C)c1nncn1C. The smallest absolute Gasteiger partial charge is 0.236 e. The van der Waals surface area contributed by atoms with Crippen LogP contribution in [0.4, 0.5) is 0 Å². The Morgan fingerprint density at radius 1 is 1.39 bits per heavy atom. The molecule has 0 aliphatic rings. The van der Waals surface area contributed by atoms with E-state index in [-0.39, 0.29) is 18.0 Å². The summed E-state index contributed by atoms with van der Waals surface area (Å²) in [6.45, 7) is 8.66. The van der Waals surface area contributed by atoms with Crippen molar-refractivity contribution in [3.63, 3.8) is 0 Å². The predicted molar refractivity (Wildman–Crippen MR) is 69.9 cm³/mol. The molecule has 6 nitrogen and oxygen atoms in total. The average Bonchev–Trinajstić information content (AvgIpc) is 2.72. The fourth-order valence-electron chi connectivity index (χ4n) is 1.67. The highest BCUT2D eigenvalue weighted by Gasteiger charge is 2.18. The first-order chi connectivity index (χ1) is 8.41. The van der Waals surface area contributed by atoms with Crippen molar-refractivity contribution in [1.29, 1.82) is 0 Å². The summed E-state index contributed by atoms with van der Waals surface area (Å²) < 4.78 is 1.84. The maximum atomic E-state index is 11.8. The first-order valence-electron chi connectivity index (χ1n) is 6.29. The molecule has 0 aromatic carbocycles. The summed E-state index contributed by atoms with van der Waals surface area (Å²) in [6.07, 6.45) is 1.65. The van der Waals surface area contributed by atoms with Crippen molar-refractivity contribution in [3.8, 4) is 0 Å². The number of hydrogen-bond acceptors (Lipinski definition) is 4. The molecule has 2 unspecified atom stereocenters. The van der Waals surface area contributed by atoms with E-state index in [9.17, 15) is 4.79 Å². The lowest BCUT2D eigenvalue weighted by molar-refractivity contribution is -0.123. The molecule has 6 heteroatoms. The van der Waals surface area contributed by atoms with Crippen LogP contribution >= 0.6 is 0 Å². The summed E-state index contributed by atoms with van der Waals surface area (Å²) in [4.78, 5) is 11.8. The molecule has 0 aliphatic carbocycles. The second-order valence-corrected chi connectivity index (χ2v) is 5.05. The summed E-state index contributed by atoms with van der Waals surface area (Å²) in [5.41, 5.74) is 0. The van der Waals surface area contributed by atoms with Crippen molar-refractivity contribution in [2.75, 3.05) is 6.54 Å². The molecular formula is C12H23N5O. The molecule has 0 saturated carbocycles. The van der Waals surface area contributed by atoms with E-state index in [2.05, 4.69) is 34.7 Å². The maximum Gasteiger partial charge on any atom is 0.236 e. The molecule has 102 valence electrons. The molecule has 2 N–H and O–H groups in total. The van der Waals surface area contributed by atoms with E-state index in [0.29, 0.717) is 12.5 Å². The molecule has 0 spiro atoms. The average molecular weight is 253 g/mol. The summed E-state index contributed by atoms with van der Waals surface area (Å²) >= 11 is 0. The zero-order chi connectivity index (χ0) is 13.7. The third kappa shape index (κ3) is 4.10. The van der Waals surface area contributed by atoms with Gasteiger partial charge in [-0.05, 0) is 19.8 Å². The van der Waals surface area contributed by atoms with Crippen LogP contribution in [-0.4, -0.2) is 33.3 Å². The van der Waals surface area contributed by atoms with Gasteiger partial charge in [0.2, 0.25) is 5.91 Å². The van der Waals surface area contributed by atoms with Crippen LogP contribution in [0.5, 0.6) is 0 Å². The molecule has 1 aromatic heterocycles. The van der Waals surface area contributed by atoms with Crippen LogP contribution in [0.2, 0.25) is 0 Å². The van der Waals surface area contributed by atoms with Gasteiger partial charge in [0.15, 0.2) is 0 Å². The Labute approximate surface area is 108 Å². The van der Waals surface area contributed by atoms with E-state index < -0.39 is 0 Å². The van der Waals surface area contributed by atoms with Crippen LogP contribution < -0.4 is 10.6 Å². The van der Waals surface area contributed by atoms with Gasteiger partial charge >= 0.3 is 0 Å². The first kappa shape index (κ1) is 14.6. The molecule has 1 amide bonds. The number of hydrogen-bond donors (Lipinski definition) is 2. The van der Waals surface area contributed by atoms with Gasteiger partial charge in [0.25, 0.3) is 0 Å². The van der Waals surface area contributed by atoms with Crippen LogP contribution in [0, 0.1) is 5.92 Å². The fraction of sp³-hybridized carbons (Fsp3) is 0.750. The van der Waals surface area contributed by atoms with Gasteiger partial charge in [-0.3, -0.25) is 10.1 Å². The number of aryl methyl sites for hydroxylation is 1. The number of amides is 1. The van der Waals surface area contributed by atoms with Crippen molar-refractivity contribution in [3.05, 3.63) is 12.2 Å². The van der Waals surface area contributed by atoms with Gasteiger partial charge in [-0.15, -0.1) is 10.2 Å². The van der Waals surface area contributed by atoms with Gasteiger partial charge < -0.3 is 9.88 Å². The Kier molecular flexibility index (Phi) is 5.27. The monoisotopic (exact) mass is 253 g/mol. The number of aromatic nitrogens is 3. The summed E-state index contributed by atoms with van der Waals surface area (Å²) in [6, 6.07) is -0.271. The minimum absolute atomic E-state index is 0.0118. The highest BCUT2D eigenvalue weighted by molar-refractivity contribution is 5.81. The molecule has 2 atom stereocenters. The third-order valence-corrected chi connectivity index (χ3v) is 2.71. The standard InChI is InChI=1S/C12H23N5O/c1-8(2)6-13-12(18)10(4)15-9(3)11-16-14-7-17(11)5/h7-10,15H,6H2,1-5H3,(H,13,18). The van der Waals surface area contributed by atoms with E-state index >= 15 is 0 Å². The summed E-state index contributed by atoms with van der Waals surface area (Å²) in [5.74, 6) is 1.29. The van der Waals surface area contributed by atoms with E-state index in [1.165, 1.54) is 0 Å². The van der Waals surface area contributed by atoms with Crippen LogP contribution in [0.1, 0.15) is 39.6 Å². The number of carbonyl (C=O) groups excluding carboxylic acids is 1. The largest absolute Gasteiger partial charge is 0.354 e. The lowest BCUT2D eigenvalue weighted by atomic mass is 10.2. The normalized spacial score (nSPS) is 14.6. The molecule has 1 rings (SSSR count). The minimum Gasteiger partial charge on any atom is -0.354 e. The second kappa shape index (κ2) is 6.49. The third-order valence-electron chi connectivity index (χ3n) is 2.71. The Balaban J connectivity index is 2.47. The fourth-order valence-corrected chi connectivity index (χ4v) is 1.67. The van der Waals surface area contributed by atoms with E-state index in [1.807, 2.05) is 25.5 Å². The Bertz CT molecular complexity index is 388. The van der Waals surface area contributed by atoms with Gasteiger partial charge in [-0.1, -0.05) is 13.8 Å². The van der Waals surface area contributed by atoms with Gasteiger partial charge in [0.1, 0.15) is 12.2 Å². The first-order valence-corrected chi connectivity index (χ1v) is 6.29. The number of rotatable bonds is 6. The minimum atomic E-state index is -0.254. The Hall–Kier alpha value is -1.43. The summed E-state index contributed by atoms with van der Waals surface area (Å²) in [5, 5.41) is 14.0. The molecule has 0 fully saturated rings. The molecule has 1 aromatic rings. The lowest BCUT2D eigenvalue weighted by Gasteiger charge is -2.19. The van der Waals surface area contributed by atoms with Gasteiger partial charge in [-0.2, -0.15) is 0 Å². The van der Waals surface area contributed by atoms with Crippen molar-refractivity contribution < 1.29 is 4.79 Å². The maximum absolute atomic E-state index is 11.8. The quantitative estimate of drug-likeness (QED) is 0.780. The van der Waals surface area contributed by atoms with Crippen LogP contribution in [-0.2, 0) is 11.8 Å². The van der Waals surface area contributed by atoms with E-state index in [4.69, 9.17) is 0 Å². The zero-order valence-electron chi connectivity index (χ0n) is 11.8. The number of carbonyl (C=O) groups is 1. The zero-order valence-corrected chi connectivity index (χ0v) is 11.8. The van der Waals surface area contributed by atoms with Crippen molar-refractivity contribution in [2.24, 2.45) is 13.0 Å². The van der Waals surface area contributed by atoms with Gasteiger partial charge in [0, 0.05) is 13.6 Å². The Morgan fingerprint density at radius 2 is 2.06 bits per heavy atom. The molecule has 0 bridgehead atoms. The highest BCUT2D eigenvalue weighted by atomic mass is 16.2. The second-order valence-electron chi connectivity index (χ2n) is 5.05. The topological polar surface area (TPSA) is 71.8 Å². The highest BCUT2D eigenvalue weighted by Crippen LogP contribution is 2.08. The van der Waals surface area contributed by atoms with Gasteiger partial charge in [-0.25, -0.2) is 0 Å². The van der Waals surface area contributed by atoms with Crippen LogP contribution in [0.25, 0.3) is 0 Å². The predicted octanol–water partition coefficient (Wildman–Crippen LogP) is 0.626. The number of nitrogens with one attached hydrogen (secondary N) is 2. The van der Waals surface area contributed by atoms with Crippen molar-refractivity contribution in [2.45, 2.75) is 39.8 Å². The Morgan fingerprint density at radius 3 is 2.56 bits per heavy atom. The summed E-state index contributed by atoms with van der Waals surface area (Å²) in [7, 11) is 1.89. The van der Waals surface area contributed by atoms with E-state index in [1.54, 1.807) is 6.33 Å². The molecule has 0 saturated heterocycles. The number of nitrogens with zero attached hydrogens (tertiary/aromatic N) is 3. The molecule has 18 heavy (non-hydrogen) atoms. The van der Waals surface area contributed by atoms with Crippen molar-refractivity contribution in [1.82, 2.24) is 25.4 Å². The molecule has 0 radical (unpaired) electrons. The van der Waals surface area contributed by atoms with Gasteiger partial charge in [0.05, 0.1) is 12.1 Å².